The molecule has 17 heavy (non-hydrogen) atoms. The highest BCUT2D eigenvalue weighted by Gasteiger charge is 2.14. The van der Waals surface area contributed by atoms with Crippen molar-refractivity contribution in [3.8, 4) is 11.4 Å². The number of anilines is 1. The summed E-state index contributed by atoms with van der Waals surface area (Å²) in [6, 6.07) is 8.36. The summed E-state index contributed by atoms with van der Waals surface area (Å²) in [4.78, 5) is 3.11. The molecule has 3 heterocycles. The molecule has 0 spiro atoms. The van der Waals surface area contributed by atoms with Crippen molar-refractivity contribution in [3.63, 3.8) is 0 Å². The molecule has 1 aliphatic heterocycles. The van der Waals surface area contributed by atoms with E-state index in [-0.39, 0.29) is 0 Å². The highest BCUT2D eigenvalue weighted by atomic mass is 15.2. The topological polar surface area (TPSA) is 65.6 Å². The van der Waals surface area contributed by atoms with Gasteiger partial charge in [-0.3, -0.25) is 0 Å². The average molecular weight is 229 g/mol. The minimum atomic E-state index is 0.473. The van der Waals surface area contributed by atoms with E-state index in [9.17, 15) is 0 Å². The van der Waals surface area contributed by atoms with Gasteiger partial charge in [0.25, 0.3) is 0 Å². The molecule has 0 aromatic carbocycles. The molecule has 88 valence electrons. The second kappa shape index (κ2) is 4.55. The van der Waals surface area contributed by atoms with E-state index in [1.807, 2.05) is 30.5 Å². The molecule has 3 N–H and O–H groups in total. The van der Waals surface area contributed by atoms with E-state index in [0.717, 1.165) is 36.7 Å². The molecule has 3 rings (SSSR count). The summed E-state index contributed by atoms with van der Waals surface area (Å²) in [5.74, 6) is 0.842. The molecule has 5 heteroatoms. The first-order chi connectivity index (χ1) is 8.42. The highest BCUT2D eigenvalue weighted by Crippen LogP contribution is 2.15. The Morgan fingerprint density at radius 3 is 2.88 bits per heavy atom. The lowest BCUT2D eigenvalue weighted by molar-refractivity contribution is 0.782. The smallest absolute Gasteiger partial charge is 0.148 e. The first-order valence-electron chi connectivity index (χ1n) is 5.86. The van der Waals surface area contributed by atoms with Gasteiger partial charge >= 0.3 is 0 Å². The van der Waals surface area contributed by atoms with Gasteiger partial charge in [0.05, 0.1) is 5.69 Å². The molecular weight excluding hydrogens is 214 g/mol. The fourth-order valence-corrected chi connectivity index (χ4v) is 2.03. The third kappa shape index (κ3) is 2.29. The molecule has 2 aromatic heterocycles. The van der Waals surface area contributed by atoms with Crippen LogP contribution >= 0.6 is 0 Å². The zero-order chi connectivity index (χ0) is 11.5. The van der Waals surface area contributed by atoms with E-state index >= 15 is 0 Å². The van der Waals surface area contributed by atoms with Crippen LogP contribution in [-0.2, 0) is 0 Å². The second-order valence-electron chi connectivity index (χ2n) is 4.22. The number of nitrogens with one attached hydrogen (secondary N) is 3. The first kappa shape index (κ1) is 10.3. The number of nitrogens with zero attached hydrogens (tertiary/aromatic N) is 2. The van der Waals surface area contributed by atoms with Crippen LogP contribution in [0.1, 0.15) is 6.42 Å². The maximum Gasteiger partial charge on any atom is 0.148 e. The van der Waals surface area contributed by atoms with Gasteiger partial charge in [0.1, 0.15) is 11.5 Å². The lowest BCUT2D eigenvalue weighted by atomic mass is 10.2. The summed E-state index contributed by atoms with van der Waals surface area (Å²) in [5, 5.41) is 15.1. The number of hydrogen-bond donors (Lipinski definition) is 3. The lowest BCUT2D eigenvalue weighted by Crippen LogP contribution is -2.22. The summed E-state index contributed by atoms with van der Waals surface area (Å²) >= 11 is 0. The van der Waals surface area contributed by atoms with Gasteiger partial charge < -0.3 is 15.6 Å². The monoisotopic (exact) mass is 229 g/mol. The van der Waals surface area contributed by atoms with E-state index in [1.165, 1.54) is 0 Å². The van der Waals surface area contributed by atoms with Crippen molar-refractivity contribution in [1.82, 2.24) is 20.5 Å². The van der Waals surface area contributed by atoms with Gasteiger partial charge in [0.15, 0.2) is 0 Å². The van der Waals surface area contributed by atoms with Gasteiger partial charge in [0.2, 0.25) is 0 Å². The van der Waals surface area contributed by atoms with E-state index in [0.29, 0.717) is 6.04 Å². The highest BCUT2D eigenvalue weighted by molar-refractivity contribution is 5.55. The van der Waals surface area contributed by atoms with Crippen LogP contribution in [0.3, 0.4) is 0 Å². The van der Waals surface area contributed by atoms with Gasteiger partial charge in [-0.05, 0) is 37.2 Å². The van der Waals surface area contributed by atoms with Crippen molar-refractivity contribution in [3.05, 3.63) is 30.5 Å². The number of aromatic amines is 1. The van der Waals surface area contributed by atoms with Gasteiger partial charge in [-0.1, -0.05) is 0 Å². The Morgan fingerprint density at radius 1 is 1.24 bits per heavy atom. The zero-order valence-corrected chi connectivity index (χ0v) is 9.48. The molecule has 0 saturated carbocycles. The quantitative estimate of drug-likeness (QED) is 0.741. The normalized spacial score (nSPS) is 19.4. The molecule has 2 aromatic rings. The Kier molecular flexibility index (Phi) is 2.75. The van der Waals surface area contributed by atoms with Crippen LogP contribution in [0.4, 0.5) is 5.82 Å². The fourth-order valence-electron chi connectivity index (χ4n) is 2.03. The Bertz CT molecular complexity index is 456. The van der Waals surface area contributed by atoms with Crippen molar-refractivity contribution in [2.75, 3.05) is 18.4 Å². The molecule has 1 aliphatic rings. The SMILES string of the molecule is c1c[nH]c(-c2ccc(NC3CCNC3)nn2)c1. The molecule has 1 fully saturated rings. The maximum atomic E-state index is 4.20. The van der Waals surface area contributed by atoms with E-state index < -0.39 is 0 Å². The molecule has 0 amide bonds. The summed E-state index contributed by atoms with van der Waals surface area (Å²) < 4.78 is 0. The third-order valence-electron chi connectivity index (χ3n) is 2.95. The number of rotatable bonds is 3. The number of aromatic nitrogens is 3. The van der Waals surface area contributed by atoms with Crippen molar-refractivity contribution in [1.29, 1.82) is 0 Å². The summed E-state index contributed by atoms with van der Waals surface area (Å²) in [5.41, 5.74) is 1.86. The third-order valence-corrected chi connectivity index (χ3v) is 2.95. The molecule has 1 atom stereocenters. The minimum absolute atomic E-state index is 0.473. The Morgan fingerprint density at radius 2 is 2.24 bits per heavy atom. The maximum absolute atomic E-state index is 4.20. The molecule has 1 unspecified atom stereocenters. The molecular formula is C12H15N5. The van der Waals surface area contributed by atoms with E-state index in [1.54, 1.807) is 0 Å². The van der Waals surface area contributed by atoms with Crippen LogP contribution in [0, 0.1) is 0 Å². The second-order valence-corrected chi connectivity index (χ2v) is 4.22. The molecule has 0 aliphatic carbocycles. The summed E-state index contributed by atoms with van der Waals surface area (Å²) in [6.07, 6.45) is 3.02. The zero-order valence-electron chi connectivity index (χ0n) is 9.48. The van der Waals surface area contributed by atoms with Crippen molar-refractivity contribution >= 4 is 5.82 Å². The van der Waals surface area contributed by atoms with Crippen molar-refractivity contribution < 1.29 is 0 Å². The average Bonchev–Trinajstić information content (AvgIpc) is 3.01. The molecule has 0 bridgehead atoms. The van der Waals surface area contributed by atoms with Crippen molar-refractivity contribution in [2.24, 2.45) is 0 Å². The van der Waals surface area contributed by atoms with Crippen LogP contribution in [-0.4, -0.2) is 34.3 Å². The van der Waals surface area contributed by atoms with Gasteiger partial charge in [0, 0.05) is 18.8 Å². The number of H-pyrrole nitrogens is 1. The minimum Gasteiger partial charge on any atom is -0.365 e. The van der Waals surface area contributed by atoms with Crippen LogP contribution in [0.5, 0.6) is 0 Å². The predicted molar refractivity (Wildman–Crippen MR) is 66.7 cm³/mol. The van der Waals surface area contributed by atoms with Crippen LogP contribution < -0.4 is 10.6 Å². The Balaban J connectivity index is 1.71. The van der Waals surface area contributed by atoms with Gasteiger partial charge in [-0.15, -0.1) is 10.2 Å². The molecule has 5 nitrogen and oxygen atoms in total. The molecule has 0 radical (unpaired) electrons. The summed E-state index contributed by atoms with van der Waals surface area (Å²) in [6.45, 7) is 2.08. The lowest BCUT2D eigenvalue weighted by Gasteiger charge is -2.11. The molecule has 1 saturated heterocycles. The van der Waals surface area contributed by atoms with Crippen molar-refractivity contribution in [2.45, 2.75) is 12.5 Å². The Labute approximate surface area is 99.7 Å². The predicted octanol–water partition coefficient (Wildman–Crippen LogP) is 1.25. The van der Waals surface area contributed by atoms with E-state index in [2.05, 4.69) is 25.8 Å². The first-order valence-corrected chi connectivity index (χ1v) is 5.86. The van der Waals surface area contributed by atoms with Crippen LogP contribution in [0.15, 0.2) is 30.5 Å². The van der Waals surface area contributed by atoms with Crippen LogP contribution in [0.25, 0.3) is 11.4 Å². The van der Waals surface area contributed by atoms with Gasteiger partial charge in [-0.25, -0.2) is 0 Å². The standard InChI is InChI=1S/C12H15N5/c1-2-10(14-6-1)11-3-4-12(17-16-11)15-9-5-7-13-8-9/h1-4,6,9,13-14H,5,7-8H2,(H,15,17). The van der Waals surface area contributed by atoms with E-state index in [4.69, 9.17) is 0 Å². The Hall–Kier alpha value is -1.88. The number of hydrogen-bond acceptors (Lipinski definition) is 4. The largest absolute Gasteiger partial charge is 0.365 e. The fraction of sp³-hybridized carbons (Fsp3) is 0.333. The van der Waals surface area contributed by atoms with Gasteiger partial charge in [-0.2, -0.15) is 0 Å². The van der Waals surface area contributed by atoms with Crippen LogP contribution in [0.2, 0.25) is 0 Å². The summed E-state index contributed by atoms with van der Waals surface area (Å²) in [7, 11) is 0.